The maximum absolute atomic E-state index is 12.3. The maximum atomic E-state index is 12.3. The van der Waals surface area contributed by atoms with Crippen LogP contribution >= 0.6 is 11.3 Å². The predicted molar refractivity (Wildman–Crippen MR) is 83.2 cm³/mol. The summed E-state index contributed by atoms with van der Waals surface area (Å²) >= 11 is 1.44. The second-order valence-corrected chi connectivity index (χ2v) is 5.86. The molecule has 1 saturated heterocycles. The number of likely N-dealkylation sites (tertiary alicyclic amines) is 1. The number of hydrogen-bond acceptors (Lipinski definition) is 5. The Bertz CT molecular complexity index is 664. The highest BCUT2D eigenvalue weighted by atomic mass is 32.1. The summed E-state index contributed by atoms with van der Waals surface area (Å²) < 4.78 is 5.64. The van der Waals surface area contributed by atoms with Crippen molar-refractivity contribution in [3.63, 3.8) is 0 Å². The van der Waals surface area contributed by atoms with Crippen LogP contribution < -0.4 is 10.1 Å². The minimum absolute atomic E-state index is 0.00810. The summed E-state index contributed by atoms with van der Waals surface area (Å²) in [5.74, 6) is -0.169. The Morgan fingerprint density at radius 2 is 2.05 bits per heavy atom. The molecule has 0 bridgehead atoms. The highest BCUT2D eigenvalue weighted by Crippen LogP contribution is 2.22. The van der Waals surface area contributed by atoms with E-state index in [-0.39, 0.29) is 17.9 Å². The average molecular weight is 317 g/mol. The van der Waals surface area contributed by atoms with Gasteiger partial charge in [-0.2, -0.15) is 0 Å². The zero-order valence-electron chi connectivity index (χ0n) is 12.0. The predicted octanol–water partition coefficient (Wildman–Crippen LogP) is 2.00. The number of ether oxygens (including phenoxy) is 1. The maximum Gasteiger partial charge on any atom is 0.273 e. The van der Waals surface area contributed by atoms with E-state index in [9.17, 15) is 9.59 Å². The molecule has 2 heterocycles. The monoisotopic (exact) mass is 317 g/mol. The number of anilines is 1. The first-order valence-electron chi connectivity index (χ1n) is 6.85. The van der Waals surface area contributed by atoms with Gasteiger partial charge in [0.25, 0.3) is 11.1 Å². The van der Waals surface area contributed by atoms with Crippen molar-refractivity contribution in [1.82, 2.24) is 9.88 Å². The Morgan fingerprint density at radius 1 is 1.32 bits per heavy atom. The number of rotatable bonds is 4. The van der Waals surface area contributed by atoms with Crippen LogP contribution in [-0.2, 0) is 4.79 Å². The quantitative estimate of drug-likeness (QED) is 0.936. The molecule has 0 aliphatic carbocycles. The van der Waals surface area contributed by atoms with Gasteiger partial charge in [0.15, 0.2) is 0 Å². The second-order valence-electron chi connectivity index (χ2n) is 5.01. The molecule has 6 nitrogen and oxygen atoms in total. The molecule has 0 unspecified atom stereocenters. The molecule has 1 aliphatic heterocycles. The highest BCUT2D eigenvalue weighted by molar-refractivity contribution is 7.11. The summed E-state index contributed by atoms with van der Waals surface area (Å²) in [5.41, 5.74) is 1.28. The lowest BCUT2D eigenvalue weighted by Crippen LogP contribution is -2.56. The van der Waals surface area contributed by atoms with Gasteiger partial charge in [0.2, 0.25) is 5.91 Å². The van der Waals surface area contributed by atoms with Crippen LogP contribution in [0.5, 0.6) is 5.19 Å². The second kappa shape index (κ2) is 6.15. The standard InChI is InChI=1S/C15H15N3O3S/c1-10(19)17-12-4-2-11(3-5-12)14(20)18-8-13(9-18)21-15-16-6-7-22-15/h2-7,13H,8-9H2,1H3,(H,17,19). The molecule has 3 rings (SSSR count). The lowest BCUT2D eigenvalue weighted by Gasteiger charge is -2.38. The fourth-order valence-corrected chi connectivity index (χ4v) is 2.72. The van der Waals surface area contributed by atoms with Gasteiger partial charge in [0.1, 0.15) is 6.10 Å². The van der Waals surface area contributed by atoms with E-state index in [4.69, 9.17) is 4.74 Å². The highest BCUT2D eigenvalue weighted by Gasteiger charge is 2.33. The topological polar surface area (TPSA) is 71.5 Å². The summed E-state index contributed by atoms with van der Waals surface area (Å²) in [5, 5.41) is 5.16. The van der Waals surface area contributed by atoms with Crippen molar-refractivity contribution < 1.29 is 14.3 Å². The van der Waals surface area contributed by atoms with Crippen LogP contribution in [-0.4, -0.2) is 40.9 Å². The molecule has 1 fully saturated rings. The van der Waals surface area contributed by atoms with Gasteiger partial charge >= 0.3 is 0 Å². The molecule has 114 valence electrons. The fraction of sp³-hybridized carbons (Fsp3) is 0.267. The molecule has 7 heteroatoms. The van der Waals surface area contributed by atoms with Crippen molar-refractivity contribution in [2.75, 3.05) is 18.4 Å². The number of aromatic nitrogens is 1. The molecular weight excluding hydrogens is 302 g/mol. The van der Waals surface area contributed by atoms with Crippen molar-refractivity contribution in [2.45, 2.75) is 13.0 Å². The Morgan fingerprint density at radius 3 is 2.64 bits per heavy atom. The van der Waals surface area contributed by atoms with Gasteiger partial charge < -0.3 is 15.0 Å². The number of carbonyl (C=O) groups is 2. The lowest BCUT2D eigenvalue weighted by molar-refractivity contribution is -0.114. The molecule has 1 aromatic heterocycles. The van der Waals surface area contributed by atoms with Crippen molar-refractivity contribution >= 4 is 28.8 Å². The smallest absolute Gasteiger partial charge is 0.273 e. The van der Waals surface area contributed by atoms with Gasteiger partial charge in [-0.25, -0.2) is 4.98 Å². The molecule has 0 saturated carbocycles. The molecule has 1 N–H and O–H groups in total. The zero-order chi connectivity index (χ0) is 15.5. The summed E-state index contributed by atoms with van der Waals surface area (Å²) in [6, 6.07) is 6.86. The van der Waals surface area contributed by atoms with Crippen LogP contribution in [0.1, 0.15) is 17.3 Å². The van der Waals surface area contributed by atoms with Crippen LogP contribution in [0.15, 0.2) is 35.8 Å². The van der Waals surface area contributed by atoms with Crippen LogP contribution in [0.4, 0.5) is 5.69 Å². The Kier molecular flexibility index (Phi) is 4.06. The Hall–Kier alpha value is -2.41. The number of nitrogens with one attached hydrogen (secondary N) is 1. The Labute approximate surface area is 131 Å². The molecule has 0 atom stereocenters. The summed E-state index contributed by atoms with van der Waals surface area (Å²) in [6.07, 6.45) is 1.70. The van der Waals surface area contributed by atoms with Gasteiger partial charge in [-0.1, -0.05) is 11.3 Å². The average Bonchev–Trinajstić information content (AvgIpc) is 2.95. The van der Waals surface area contributed by atoms with Gasteiger partial charge in [0.05, 0.1) is 13.1 Å². The summed E-state index contributed by atoms with van der Waals surface area (Å²) in [7, 11) is 0. The van der Waals surface area contributed by atoms with Crippen LogP contribution in [0.2, 0.25) is 0 Å². The largest absolute Gasteiger partial charge is 0.463 e. The minimum Gasteiger partial charge on any atom is -0.463 e. The van der Waals surface area contributed by atoms with E-state index in [1.165, 1.54) is 18.3 Å². The van der Waals surface area contributed by atoms with E-state index >= 15 is 0 Å². The van der Waals surface area contributed by atoms with Crippen molar-refractivity contribution in [1.29, 1.82) is 0 Å². The van der Waals surface area contributed by atoms with Crippen LogP contribution in [0.25, 0.3) is 0 Å². The normalized spacial score (nSPS) is 14.3. The number of benzene rings is 1. The molecule has 2 amide bonds. The number of hydrogen-bond donors (Lipinski definition) is 1. The molecule has 0 radical (unpaired) electrons. The molecule has 1 aliphatic rings. The zero-order valence-corrected chi connectivity index (χ0v) is 12.8. The molecule has 2 aromatic rings. The Balaban J connectivity index is 1.53. The number of amides is 2. The van der Waals surface area contributed by atoms with Crippen LogP contribution in [0, 0.1) is 0 Å². The third-order valence-electron chi connectivity index (χ3n) is 3.26. The van der Waals surface area contributed by atoms with Crippen molar-refractivity contribution in [2.24, 2.45) is 0 Å². The van der Waals surface area contributed by atoms with Crippen molar-refractivity contribution in [3.05, 3.63) is 41.4 Å². The van der Waals surface area contributed by atoms with Gasteiger partial charge in [0, 0.05) is 29.8 Å². The molecule has 22 heavy (non-hydrogen) atoms. The molecule has 1 aromatic carbocycles. The van der Waals surface area contributed by atoms with Gasteiger partial charge in [-0.05, 0) is 24.3 Å². The van der Waals surface area contributed by atoms with E-state index < -0.39 is 0 Å². The first-order chi connectivity index (χ1) is 10.6. The lowest BCUT2D eigenvalue weighted by atomic mass is 10.1. The summed E-state index contributed by atoms with van der Waals surface area (Å²) in [4.78, 5) is 29.0. The van der Waals surface area contributed by atoms with Crippen molar-refractivity contribution in [3.8, 4) is 5.19 Å². The van der Waals surface area contributed by atoms with E-state index in [2.05, 4.69) is 10.3 Å². The molecule has 0 spiro atoms. The van der Waals surface area contributed by atoms with Gasteiger partial charge in [-0.3, -0.25) is 9.59 Å². The third-order valence-corrected chi connectivity index (χ3v) is 3.93. The van der Waals surface area contributed by atoms with E-state index in [0.29, 0.717) is 29.5 Å². The third kappa shape index (κ3) is 3.25. The SMILES string of the molecule is CC(=O)Nc1ccc(C(=O)N2CC(Oc3nccs3)C2)cc1. The number of thiazole rings is 1. The first-order valence-corrected chi connectivity index (χ1v) is 7.73. The van der Waals surface area contributed by atoms with E-state index in [0.717, 1.165) is 0 Å². The number of nitrogens with zero attached hydrogens (tertiary/aromatic N) is 2. The fourth-order valence-electron chi connectivity index (χ4n) is 2.17. The summed E-state index contributed by atoms with van der Waals surface area (Å²) in [6.45, 7) is 2.57. The van der Waals surface area contributed by atoms with Crippen LogP contribution in [0.3, 0.4) is 0 Å². The van der Waals surface area contributed by atoms with Gasteiger partial charge in [-0.15, -0.1) is 0 Å². The van der Waals surface area contributed by atoms with E-state index in [1.54, 1.807) is 35.4 Å². The first kappa shape index (κ1) is 14.5. The number of carbonyl (C=O) groups excluding carboxylic acids is 2. The molecular formula is C15H15N3O3S. The van der Waals surface area contributed by atoms with E-state index in [1.807, 2.05) is 5.38 Å². The minimum atomic E-state index is -0.135.